The smallest absolute Gasteiger partial charge is 0.338 e. The average molecular weight is 406 g/mol. The first-order valence-corrected chi connectivity index (χ1v) is 9.49. The maximum Gasteiger partial charge on any atom is 0.338 e. The second-order valence-electron chi connectivity index (χ2n) is 5.68. The van der Waals surface area contributed by atoms with Crippen molar-refractivity contribution in [2.24, 2.45) is 5.14 Å². The number of hydrogen-bond acceptors (Lipinski definition) is 7. The van der Waals surface area contributed by atoms with E-state index in [0.29, 0.717) is 5.69 Å². The number of carbonyl (C=O) groups is 3. The number of anilines is 1. The molecule has 3 N–H and O–H groups in total. The highest BCUT2D eigenvalue weighted by Crippen LogP contribution is 2.14. The van der Waals surface area contributed by atoms with Gasteiger partial charge >= 0.3 is 11.9 Å². The predicted molar refractivity (Wildman–Crippen MR) is 99.1 cm³/mol. The zero-order valence-electron chi connectivity index (χ0n) is 15.0. The van der Waals surface area contributed by atoms with Gasteiger partial charge in [0.05, 0.1) is 23.1 Å². The lowest BCUT2D eigenvalue weighted by Crippen LogP contribution is -2.30. The fourth-order valence-electron chi connectivity index (χ4n) is 2.11. The number of esters is 2. The molecule has 28 heavy (non-hydrogen) atoms. The monoisotopic (exact) mass is 406 g/mol. The Morgan fingerprint density at radius 2 is 1.43 bits per heavy atom. The third kappa shape index (κ3) is 5.38. The van der Waals surface area contributed by atoms with E-state index >= 15 is 0 Å². The van der Waals surface area contributed by atoms with Crippen molar-refractivity contribution in [2.75, 3.05) is 12.4 Å². The molecule has 0 aliphatic heterocycles. The number of ether oxygens (including phenoxy) is 2. The van der Waals surface area contributed by atoms with Gasteiger partial charge in [-0.05, 0) is 55.5 Å². The summed E-state index contributed by atoms with van der Waals surface area (Å²) < 4.78 is 32.1. The number of hydrogen-bond donors (Lipinski definition) is 2. The Kier molecular flexibility index (Phi) is 6.49. The van der Waals surface area contributed by atoms with Crippen LogP contribution in [0, 0.1) is 0 Å². The number of nitrogens with two attached hydrogens (primary N) is 1. The van der Waals surface area contributed by atoms with Crippen LogP contribution in [-0.2, 0) is 24.3 Å². The van der Waals surface area contributed by atoms with Crippen molar-refractivity contribution in [3.05, 3.63) is 59.7 Å². The second kappa shape index (κ2) is 8.63. The average Bonchev–Trinajstić information content (AvgIpc) is 2.67. The minimum absolute atomic E-state index is 0.0969. The van der Waals surface area contributed by atoms with Crippen molar-refractivity contribution < 1.29 is 32.3 Å². The number of benzene rings is 2. The highest BCUT2D eigenvalue weighted by Gasteiger charge is 2.20. The van der Waals surface area contributed by atoms with E-state index in [2.05, 4.69) is 10.1 Å². The molecule has 0 aromatic heterocycles. The molecule has 0 aliphatic carbocycles. The molecule has 0 saturated carbocycles. The molecular weight excluding hydrogens is 388 g/mol. The van der Waals surface area contributed by atoms with Gasteiger partial charge in [-0.1, -0.05) is 0 Å². The van der Waals surface area contributed by atoms with E-state index in [1.807, 2.05) is 0 Å². The molecule has 2 aromatic carbocycles. The zero-order valence-corrected chi connectivity index (χ0v) is 15.9. The van der Waals surface area contributed by atoms with Crippen molar-refractivity contribution >= 4 is 33.6 Å². The predicted octanol–water partition coefficient (Wildman–Crippen LogP) is 1.30. The van der Waals surface area contributed by atoms with Gasteiger partial charge in [0.25, 0.3) is 5.91 Å². The lowest BCUT2D eigenvalue weighted by molar-refractivity contribution is -0.123. The van der Waals surface area contributed by atoms with Crippen LogP contribution in [0.15, 0.2) is 53.4 Å². The highest BCUT2D eigenvalue weighted by molar-refractivity contribution is 7.89. The molecule has 1 unspecified atom stereocenters. The van der Waals surface area contributed by atoms with Crippen molar-refractivity contribution in [3.63, 3.8) is 0 Å². The number of nitrogens with one attached hydrogen (secondary N) is 1. The topological polar surface area (TPSA) is 142 Å². The molecule has 1 amide bonds. The summed E-state index contributed by atoms with van der Waals surface area (Å²) in [5, 5.41) is 7.50. The van der Waals surface area contributed by atoms with Crippen molar-refractivity contribution in [1.82, 2.24) is 0 Å². The molecule has 0 saturated heterocycles. The summed E-state index contributed by atoms with van der Waals surface area (Å²) in [7, 11) is -2.59. The maximum atomic E-state index is 12.2. The fraction of sp³-hybridized carbons (Fsp3) is 0.167. The van der Waals surface area contributed by atoms with E-state index in [1.54, 1.807) is 0 Å². The first-order chi connectivity index (χ1) is 13.1. The Hall–Kier alpha value is -3.24. The molecule has 10 heteroatoms. The molecule has 0 aliphatic rings. The summed E-state index contributed by atoms with van der Waals surface area (Å²) in [6.07, 6.45) is -1.12. The molecule has 0 bridgehead atoms. The van der Waals surface area contributed by atoms with Gasteiger partial charge in [0.15, 0.2) is 6.10 Å². The number of amides is 1. The lowest BCUT2D eigenvalue weighted by atomic mass is 10.1. The normalized spacial score (nSPS) is 12.0. The van der Waals surface area contributed by atoms with E-state index in [9.17, 15) is 22.8 Å². The highest BCUT2D eigenvalue weighted by atomic mass is 32.2. The van der Waals surface area contributed by atoms with Gasteiger partial charge in [0.2, 0.25) is 10.0 Å². The first kappa shape index (κ1) is 21.1. The SMILES string of the molecule is COC(=O)c1ccc(C(=O)OC(C)C(=O)Nc2ccc(S(N)(=O)=O)cc2)cc1. The largest absolute Gasteiger partial charge is 0.465 e. The minimum atomic E-state index is -3.83. The zero-order chi connectivity index (χ0) is 20.9. The second-order valence-corrected chi connectivity index (χ2v) is 7.24. The molecule has 1 atom stereocenters. The molecule has 2 aromatic rings. The van der Waals surface area contributed by atoms with E-state index in [4.69, 9.17) is 9.88 Å². The van der Waals surface area contributed by atoms with Gasteiger partial charge in [-0.3, -0.25) is 4.79 Å². The van der Waals surface area contributed by atoms with E-state index < -0.39 is 34.0 Å². The van der Waals surface area contributed by atoms with Crippen molar-refractivity contribution in [3.8, 4) is 0 Å². The molecule has 0 spiro atoms. The third-order valence-corrected chi connectivity index (χ3v) is 4.57. The fourth-order valence-corrected chi connectivity index (χ4v) is 2.63. The molecule has 2 rings (SSSR count). The molecule has 9 nitrogen and oxygen atoms in total. The van der Waals surface area contributed by atoms with Crippen LogP contribution < -0.4 is 10.5 Å². The maximum absolute atomic E-state index is 12.2. The number of methoxy groups -OCH3 is 1. The Bertz CT molecular complexity index is 984. The van der Waals surface area contributed by atoms with E-state index in [0.717, 1.165) is 0 Å². The standard InChI is InChI=1S/C18H18N2O7S/c1-11(16(21)20-14-7-9-15(10-8-14)28(19,24)25)27-18(23)13-5-3-12(4-6-13)17(22)26-2/h3-11H,1-2H3,(H,20,21)(H2,19,24,25). The van der Waals surface area contributed by atoms with Crippen LogP contribution in [0.2, 0.25) is 0 Å². The molecule has 0 heterocycles. The third-order valence-electron chi connectivity index (χ3n) is 3.65. The number of carbonyl (C=O) groups excluding carboxylic acids is 3. The molecule has 0 fully saturated rings. The van der Waals surface area contributed by atoms with E-state index in [1.165, 1.54) is 62.6 Å². The van der Waals surface area contributed by atoms with Crippen LogP contribution >= 0.6 is 0 Å². The van der Waals surface area contributed by atoms with Crippen LogP contribution in [-0.4, -0.2) is 39.5 Å². The summed E-state index contributed by atoms with van der Waals surface area (Å²) in [5.74, 6) is -1.90. The van der Waals surface area contributed by atoms with Gasteiger partial charge in [-0.2, -0.15) is 0 Å². The van der Waals surface area contributed by atoms with Gasteiger partial charge in [-0.25, -0.2) is 23.1 Å². The number of sulfonamides is 1. The lowest BCUT2D eigenvalue weighted by Gasteiger charge is -2.14. The summed E-state index contributed by atoms with van der Waals surface area (Å²) >= 11 is 0. The number of primary sulfonamides is 1. The molecule has 0 radical (unpaired) electrons. The van der Waals surface area contributed by atoms with Crippen molar-refractivity contribution in [2.45, 2.75) is 17.9 Å². The summed E-state index contributed by atoms with van der Waals surface area (Å²) in [4.78, 5) is 35.6. The van der Waals surface area contributed by atoms with Crippen LogP contribution in [0.25, 0.3) is 0 Å². The summed E-state index contributed by atoms with van der Waals surface area (Å²) in [6, 6.07) is 10.8. The van der Waals surface area contributed by atoms with Crippen molar-refractivity contribution in [1.29, 1.82) is 0 Å². The van der Waals surface area contributed by atoms with E-state index in [-0.39, 0.29) is 16.0 Å². The minimum Gasteiger partial charge on any atom is -0.465 e. The number of rotatable bonds is 6. The molecular formula is C18H18N2O7S. The van der Waals surface area contributed by atoms with Gasteiger partial charge in [0.1, 0.15) is 0 Å². The summed E-state index contributed by atoms with van der Waals surface area (Å²) in [6.45, 7) is 1.38. The van der Waals surface area contributed by atoms with Crippen LogP contribution in [0.1, 0.15) is 27.6 Å². The quantitative estimate of drug-likeness (QED) is 0.689. The van der Waals surface area contributed by atoms with Gasteiger partial charge in [-0.15, -0.1) is 0 Å². The Labute approximate surface area is 161 Å². The Morgan fingerprint density at radius 3 is 1.89 bits per heavy atom. The summed E-state index contributed by atoms with van der Waals surface area (Å²) in [5.41, 5.74) is 0.736. The van der Waals surface area contributed by atoms with Crippen LogP contribution in [0.4, 0.5) is 5.69 Å². The van der Waals surface area contributed by atoms with Gasteiger partial charge in [0, 0.05) is 5.69 Å². The molecule has 148 valence electrons. The Morgan fingerprint density at radius 1 is 0.929 bits per heavy atom. The van der Waals surface area contributed by atoms with Gasteiger partial charge < -0.3 is 14.8 Å². The Balaban J connectivity index is 1.97. The first-order valence-electron chi connectivity index (χ1n) is 7.95. The van der Waals surface area contributed by atoms with Crippen LogP contribution in [0.3, 0.4) is 0 Å². The van der Waals surface area contributed by atoms with Crippen LogP contribution in [0.5, 0.6) is 0 Å².